The van der Waals surface area contributed by atoms with Crippen molar-refractivity contribution in [2.45, 2.75) is 40.2 Å². The average Bonchev–Trinajstić information content (AvgIpc) is 2.96. The largest absolute Gasteiger partial charge is 0.477 e. The summed E-state index contributed by atoms with van der Waals surface area (Å²) in [7, 11) is 1.92. The van der Waals surface area contributed by atoms with E-state index in [1.807, 2.05) is 36.9 Å². The first-order chi connectivity index (χ1) is 12.1. The molecule has 0 fully saturated rings. The van der Waals surface area contributed by atoms with E-state index < -0.39 is 0 Å². The van der Waals surface area contributed by atoms with Crippen LogP contribution in [-0.4, -0.2) is 33.4 Å². The Labute approximate surface area is 148 Å². The predicted octanol–water partition coefficient (Wildman–Crippen LogP) is 4.21. The molecule has 0 amide bonds. The quantitative estimate of drug-likeness (QED) is 0.728. The number of nitrogens with one attached hydrogen (secondary N) is 1. The van der Waals surface area contributed by atoms with Crippen LogP contribution in [0.1, 0.15) is 38.9 Å². The lowest BCUT2D eigenvalue weighted by Gasteiger charge is -2.13. The van der Waals surface area contributed by atoms with Gasteiger partial charge in [-0.1, -0.05) is 6.92 Å². The Morgan fingerprint density at radius 3 is 2.80 bits per heavy atom. The van der Waals surface area contributed by atoms with Gasteiger partial charge in [0.05, 0.1) is 29.2 Å². The zero-order valence-electron chi connectivity index (χ0n) is 15.5. The van der Waals surface area contributed by atoms with Gasteiger partial charge >= 0.3 is 0 Å². The van der Waals surface area contributed by atoms with Crippen LogP contribution in [0.15, 0.2) is 24.4 Å². The molecule has 25 heavy (non-hydrogen) atoms. The van der Waals surface area contributed by atoms with Gasteiger partial charge in [0.1, 0.15) is 11.0 Å². The summed E-state index contributed by atoms with van der Waals surface area (Å²) in [6, 6.07) is 6.20. The highest BCUT2D eigenvalue weighted by molar-refractivity contribution is 5.93. The summed E-state index contributed by atoms with van der Waals surface area (Å²) in [5.74, 6) is 0.618. The van der Waals surface area contributed by atoms with E-state index in [0.717, 1.165) is 40.1 Å². The van der Waals surface area contributed by atoms with Crippen molar-refractivity contribution in [2.24, 2.45) is 0 Å². The van der Waals surface area contributed by atoms with Crippen molar-refractivity contribution in [3.05, 3.63) is 30.1 Å². The minimum Gasteiger partial charge on any atom is -0.477 e. The Morgan fingerprint density at radius 2 is 2.12 bits per heavy atom. The van der Waals surface area contributed by atoms with Gasteiger partial charge in [0.2, 0.25) is 5.88 Å². The molecule has 3 aromatic rings. The lowest BCUT2D eigenvalue weighted by atomic mass is 10.1. The molecule has 6 heteroatoms. The number of nitrogens with zero attached hydrogens (tertiary/aromatic N) is 4. The minimum absolute atomic E-state index is 0.262. The van der Waals surface area contributed by atoms with Gasteiger partial charge in [0.15, 0.2) is 0 Å². The maximum Gasteiger partial charge on any atom is 0.222 e. The number of rotatable bonds is 6. The van der Waals surface area contributed by atoms with Crippen molar-refractivity contribution < 1.29 is 4.74 Å². The van der Waals surface area contributed by atoms with Gasteiger partial charge in [0, 0.05) is 19.3 Å². The Bertz CT molecular complexity index is 885. The first kappa shape index (κ1) is 17.2. The summed E-state index contributed by atoms with van der Waals surface area (Å²) < 4.78 is 7.83. The van der Waals surface area contributed by atoms with Crippen LogP contribution in [0.2, 0.25) is 0 Å². The van der Waals surface area contributed by atoms with E-state index in [4.69, 9.17) is 9.72 Å². The number of hydrogen-bond acceptors (Lipinski definition) is 5. The summed E-state index contributed by atoms with van der Waals surface area (Å²) >= 11 is 0. The van der Waals surface area contributed by atoms with E-state index in [2.05, 4.69) is 36.2 Å². The molecule has 3 heterocycles. The smallest absolute Gasteiger partial charge is 0.222 e. The van der Waals surface area contributed by atoms with E-state index in [1.54, 1.807) is 6.20 Å². The van der Waals surface area contributed by atoms with Crippen molar-refractivity contribution in [3.63, 3.8) is 0 Å². The van der Waals surface area contributed by atoms with Crippen LogP contribution in [-0.2, 0) is 0 Å². The van der Waals surface area contributed by atoms with Crippen LogP contribution in [0.25, 0.3) is 22.3 Å². The molecule has 3 rings (SSSR count). The highest BCUT2D eigenvalue weighted by Crippen LogP contribution is 2.34. The van der Waals surface area contributed by atoms with Crippen LogP contribution in [0, 0.1) is 6.92 Å². The van der Waals surface area contributed by atoms with Gasteiger partial charge < -0.3 is 10.1 Å². The van der Waals surface area contributed by atoms with Gasteiger partial charge in [-0.2, -0.15) is 5.10 Å². The van der Waals surface area contributed by atoms with Crippen LogP contribution in [0.5, 0.6) is 5.88 Å². The van der Waals surface area contributed by atoms with Gasteiger partial charge in [-0.05, 0) is 45.4 Å². The fourth-order valence-corrected chi connectivity index (χ4v) is 2.88. The number of aryl methyl sites for hydroxylation is 1. The zero-order valence-corrected chi connectivity index (χ0v) is 15.5. The summed E-state index contributed by atoms with van der Waals surface area (Å²) in [5, 5.41) is 7.96. The fourth-order valence-electron chi connectivity index (χ4n) is 2.88. The predicted molar refractivity (Wildman–Crippen MR) is 101 cm³/mol. The van der Waals surface area contributed by atoms with E-state index >= 15 is 0 Å². The van der Waals surface area contributed by atoms with Crippen molar-refractivity contribution in [1.29, 1.82) is 0 Å². The molecule has 0 saturated heterocycles. The molecule has 3 aromatic heterocycles. The van der Waals surface area contributed by atoms with E-state index in [-0.39, 0.29) is 6.04 Å². The minimum atomic E-state index is 0.262. The van der Waals surface area contributed by atoms with Crippen LogP contribution in [0.4, 0.5) is 5.69 Å². The van der Waals surface area contributed by atoms with Crippen LogP contribution in [0.3, 0.4) is 0 Å². The molecular formula is C19H25N5O. The van der Waals surface area contributed by atoms with Crippen LogP contribution < -0.4 is 10.1 Å². The van der Waals surface area contributed by atoms with Gasteiger partial charge in [0.25, 0.3) is 0 Å². The van der Waals surface area contributed by atoms with Crippen LogP contribution >= 0.6 is 0 Å². The molecule has 1 N–H and O–H groups in total. The standard InChI is InChI=1S/C19H25N5O/c1-6-10-25-19-14(8-7-9-21-19)15-11-16(20-5)18-17(22-15)13(4)23-24(18)12(2)3/h7-9,11-12H,6,10H2,1-5H3,(H,20,22). The van der Waals surface area contributed by atoms with Crippen molar-refractivity contribution in [3.8, 4) is 17.1 Å². The Balaban J connectivity index is 2.21. The maximum atomic E-state index is 5.81. The number of hydrogen-bond donors (Lipinski definition) is 1. The summed E-state index contributed by atoms with van der Waals surface area (Å²) in [6.45, 7) is 8.95. The number of anilines is 1. The molecule has 0 radical (unpaired) electrons. The fraction of sp³-hybridized carbons (Fsp3) is 0.421. The molecule has 6 nitrogen and oxygen atoms in total. The van der Waals surface area contributed by atoms with E-state index in [1.165, 1.54) is 0 Å². The third kappa shape index (κ3) is 3.16. The Hall–Kier alpha value is -2.63. The second-order valence-electron chi connectivity index (χ2n) is 6.33. The molecular weight excluding hydrogens is 314 g/mol. The molecule has 0 aliphatic heterocycles. The first-order valence-corrected chi connectivity index (χ1v) is 8.72. The monoisotopic (exact) mass is 339 g/mol. The second-order valence-corrected chi connectivity index (χ2v) is 6.33. The molecule has 0 aliphatic carbocycles. The third-order valence-corrected chi connectivity index (χ3v) is 4.07. The van der Waals surface area contributed by atoms with Gasteiger partial charge in [-0.25, -0.2) is 9.97 Å². The molecule has 0 atom stereocenters. The molecule has 0 unspecified atom stereocenters. The number of aromatic nitrogens is 4. The van der Waals surface area contributed by atoms with Gasteiger partial charge in [-0.15, -0.1) is 0 Å². The first-order valence-electron chi connectivity index (χ1n) is 8.72. The molecule has 0 spiro atoms. The van der Waals surface area contributed by atoms with Crippen molar-refractivity contribution in [2.75, 3.05) is 19.0 Å². The molecule has 0 aliphatic rings. The Kier molecular flexibility index (Phi) is 4.88. The lowest BCUT2D eigenvalue weighted by molar-refractivity contribution is 0.306. The van der Waals surface area contributed by atoms with E-state index in [9.17, 15) is 0 Å². The maximum absolute atomic E-state index is 5.81. The molecule has 0 saturated carbocycles. The number of ether oxygens (including phenoxy) is 1. The SMILES string of the molecule is CCCOc1ncccc1-c1cc(NC)c2c(n1)c(C)nn2C(C)C. The summed E-state index contributed by atoms with van der Waals surface area (Å²) in [6.07, 6.45) is 2.68. The number of fused-ring (bicyclic) bond motifs is 1. The number of pyridine rings is 2. The normalized spacial score (nSPS) is 11.3. The molecule has 0 aromatic carbocycles. The topological polar surface area (TPSA) is 64.9 Å². The highest BCUT2D eigenvalue weighted by atomic mass is 16.5. The Morgan fingerprint density at radius 1 is 1.32 bits per heavy atom. The zero-order chi connectivity index (χ0) is 18.0. The summed E-state index contributed by atoms with van der Waals surface area (Å²) in [4.78, 5) is 9.26. The molecule has 0 bridgehead atoms. The van der Waals surface area contributed by atoms with Crippen molar-refractivity contribution >= 4 is 16.7 Å². The van der Waals surface area contributed by atoms with Crippen molar-refractivity contribution in [1.82, 2.24) is 19.7 Å². The van der Waals surface area contributed by atoms with Gasteiger partial charge in [-0.3, -0.25) is 4.68 Å². The summed E-state index contributed by atoms with van der Waals surface area (Å²) in [5.41, 5.74) is 5.58. The average molecular weight is 339 g/mol. The van der Waals surface area contributed by atoms with E-state index in [0.29, 0.717) is 12.5 Å². The highest BCUT2D eigenvalue weighted by Gasteiger charge is 2.18. The second kappa shape index (κ2) is 7.09. The molecule has 132 valence electrons. The third-order valence-electron chi connectivity index (χ3n) is 4.07. The lowest BCUT2D eigenvalue weighted by Crippen LogP contribution is -2.05.